The van der Waals surface area contributed by atoms with Gasteiger partial charge in [0.15, 0.2) is 12.3 Å². The van der Waals surface area contributed by atoms with E-state index in [-0.39, 0.29) is 24.5 Å². The minimum Gasteiger partial charge on any atom is -0.465 e. The maximum absolute atomic E-state index is 12.4. The number of furan rings is 1. The van der Waals surface area contributed by atoms with E-state index in [4.69, 9.17) is 9.15 Å². The molecule has 1 atom stereocenters. The molecule has 7 heteroatoms. The number of ether oxygens (including phenoxy) is 1. The standard InChI is InChI=1S/C19H24N2O4S/c1-12(14-8-6-10-25-14)20-11-16(22)21-18-17(19(23)24-2)13-7-4-3-5-9-15(13)26-18/h6,8,10,12,20H,3-5,7,9,11H2,1-2H3,(H,21,22)/p+1/t12-/m0/s1. The van der Waals surface area contributed by atoms with Gasteiger partial charge in [0.25, 0.3) is 5.91 Å². The topological polar surface area (TPSA) is 85.1 Å². The van der Waals surface area contributed by atoms with E-state index in [1.165, 1.54) is 29.7 Å². The lowest BCUT2D eigenvalue weighted by Gasteiger charge is -2.09. The molecular weight excluding hydrogens is 352 g/mol. The van der Waals surface area contributed by atoms with Crippen molar-refractivity contribution in [2.24, 2.45) is 0 Å². The van der Waals surface area contributed by atoms with Gasteiger partial charge in [0.1, 0.15) is 11.0 Å². The average molecular weight is 377 g/mol. The lowest BCUT2D eigenvalue weighted by atomic mass is 10.1. The second-order valence-corrected chi connectivity index (χ2v) is 7.66. The van der Waals surface area contributed by atoms with E-state index >= 15 is 0 Å². The van der Waals surface area contributed by atoms with Gasteiger partial charge in [0.2, 0.25) is 0 Å². The molecule has 2 heterocycles. The van der Waals surface area contributed by atoms with Crippen LogP contribution < -0.4 is 10.6 Å². The Morgan fingerprint density at radius 3 is 2.88 bits per heavy atom. The first-order valence-corrected chi connectivity index (χ1v) is 9.81. The minimum atomic E-state index is -0.368. The Balaban J connectivity index is 1.70. The summed E-state index contributed by atoms with van der Waals surface area (Å²) in [5.41, 5.74) is 1.60. The third-order valence-corrected chi connectivity index (χ3v) is 5.92. The molecule has 3 rings (SSSR count). The Labute approximate surface area is 156 Å². The van der Waals surface area contributed by atoms with E-state index in [2.05, 4.69) is 5.32 Å². The lowest BCUT2D eigenvalue weighted by molar-refractivity contribution is -0.684. The number of hydrogen-bond donors (Lipinski definition) is 2. The van der Waals surface area contributed by atoms with E-state index in [0.29, 0.717) is 10.6 Å². The highest BCUT2D eigenvalue weighted by Gasteiger charge is 2.26. The lowest BCUT2D eigenvalue weighted by Crippen LogP contribution is -2.86. The van der Waals surface area contributed by atoms with Crippen molar-refractivity contribution in [1.82, 2.24) is 0 Å². The summed E-state index contributed by atoms with van der Waals surface area (Å²) in [6.07, 6.45) is 6.81. The maximum Gasteiger partial charge on any atom is 0.341 e. The fourth-order valence-electron chi connectivity index (χ4n) is 3.28. The van der Waals surface area contributed by atoms with Gasteiger partial charge in [0.05, 0.1) is 18.9 Å². The SMILES string of the molecule is COC(=O)c1c(NC(=O)C[NH2+][C@@H](C)c2ccco2)sc2c1CCCCC2. The first kappa shape index (κ1) is 18.7. The third-order valence-electron chi connectivity index (χ3n) is 4.71. The number of methoxy groups -OCH3 is 1. The van der Waals surface area contributed by atoms with Crippen LogP contribution >= 0.6 is 11.3 Å². The number of esters is 1. The quantitative estimate of drug-likeness (QED) is 0.599. The van der Waals surface area contributed by atoms with E-state index in [0.717, 1.165) is 37.0 Å². The molecule has 2 aromatic rings. The summed E-state index contributed by atoms with van der Waals surface area (Å²) < 4.78 is 10.3. The highest BCUT2D eigenvalue weighted by Crippen LogP contribution is 2.37. The largest absolute Gasteiger partial charge is 0.465 e. The summed E-state index contributed by atoms with van der Waals surface area (Å²) in [6, 6.07) is 3.78. The molecule has 0 bridgehead atoms. The second-order valence-electron chi connectivity index (χ2n) is 6.55. The number of carbonyl (C=O) groups is 2. The molecule has 0 aromatic carbocycles. The zero-order valence-electron chi connectivity index (χ0n) is 15.2. The van der Waals surface area contributed by atoms with Crippen LogP contribution in [0.25, 0.3) is 0 Å². The molecule has 6 nitrogen and oxygen atoms in total. The summed E-state index contributed by atoms with van der Waals surface area (Å²) >= 11 is 1.51. The van der Waals surface area contributed by atoms with Crippen LogP contribution in [-0.2, 0) is 22.4 Å². The molecule has 140 valence electrons. The number of quaternary nitrogens is 1. The van der Waals surface area contributed by atoms with Gasteiger partial charge in [-0.15, -0.1) is 11.3 Å². The van der Waals surface area contributed by atoms with Gasteiger partial charge in [-0.05, 0) is 50.3 Å². The summed E-state index contributed by atoms with van der Waals surface area (Å²) in [5, 5.41) is 5.45. The number of aryl methyl sites for hydroxylation is 1. The summed E-state index contributed by atoms with van der Waals surface area (Å²) in [7, 11) is 1.38. The fourth-order valence-corrected chi connectivity index (χ4v) is 4.57. The molecule has 0 saturated carbocycles. The molecule has 0 radical (unpaired) electrons. The number of fused-ring (bicyclic) bond motifs is 1. The fraction of sp³-hybridized carbons (Fsp3) is 0.474. The number of amides is 1. The Morgan fingerprint density at radius 2 is 2.15 bits per heavy atom. The van der Waals surface area contributed by atoms with Gasteiger partial charge in [-0.2, -0.15) is 0 Å². The van der Waals surface area contributed by atoms with Crippen LogP contribution in [-0.4, -0.2) is 25.5 Å². The Kier molecular flexibility index (Phi) is 6.11. The van der Waals surface area contributed by atoms with Crippen LogP contribution in [0.5, 0.6) is 0 Å². The van der Waals surface area contributed by atoms with Gasteiger partial charge < -0.3 is 19.8 Å². The van der Waals surface area contributed by atoms with Crippen molar-refractivity contribution in [2.45, 2.75) is 45.1 Å². The van der Waals surface area contributed by atoms with Gasteiger partial charge in [-0.3, -0.25) is 4.79 Å². The molecule has 1 aliphatic rings. The van der Waals surface area contributed by atoms with Crippen LogP contribution in [0.15, 0.2) is 22.8 Å². The predicted molar refractivity (Wildman–Crippen MR) is 99.5 cm³/mol. The van der Waals surface area contributed by atoms with Crippen LogP contribution in [0.3, 0.4) is 0 Å². The second kappa shape index (κ2) is 8.51. The first-order chi connectivity index (χ1) is 12.6. The molecule has 0 saturated heterocycles. The highest BCUT2D eigenvalue weighted by atomic mass is 32.1. The summed E-state index contributed by atoms with van der Waals surface area (Å²) in [6.45, 7) is 2.24. The van der Waals surface area contributed by atoms with Crippen LogP contribution in [0.4, 0.5) is 5.00 Å². The molecule has 0 spiro atoms. The van der Waals surface area contributed by atoms with Crippen molar-refractivity contribution < 1.29 is 24.1 Å². The molecular formula is C19H25N2O4S+. The van der Waals surface area contributed by atoms with E-state index in [1.54, 1.807) is 6.26 Å². The van der Waals surface area contributed by atoms with Crippen molar-refractivity contribution in [1.29, 1.82) is 0 Å². The summed E-state index contributed by atoms with van der Waals surface area (Å²) in [4.78, 5) is 25.9. The number of carbonyl (C=O) groups excluding carboxylic acids is 2. The van der Waals surface area contributed by atoms with Crippen molar-refractivity contribution in [3.8, 4) is 0 Å². The molecule has 3 N–H and O–H groups in total. The molecule has 1 aliphatic carbocycles. The van der Waals surface area contributed by atoms with Crippen molar-refractivity contribution in [2.75, 3.05) is 19.0 Å². The van der Waals surface area contributed by atoms with Crippen LogP contribution in [0.1, 0.15) is 58.8 Å². The molecule has 2 aromatic heterocycles. The molecule has 0 aliphatic heterocycles. The van der Waals surface area contributed by atoms with E-state index < -0.39 is 0 Å². The number of nitrogens with one attached hydrogen (secondary N) is 1. The number of anilines is 1. The Bertz CT molecular complexity index is 767. The maximum atomic E-state index is 12.4. The predicted octanol–water partition coefficient (Wildman–Crippen LogP) is 2.66. The Morgan fingerprint density at radius 1 is 1.35 bits per heavy atom. The molecule has 0 fully saturated rings. The smallest absolute Gasteiger partial charge is 0.341 e. The summed E-state index contributed by atoms with van der Waals surface area (Å²) in [5.74, 6) is 0.327. The highest BCUT2D eigenvalue weighted by molar-refractivity contribution is 7.17. The average Bonchev–Trinajstić information content (AvgIpc) is 3.22. The van der Waals surface area contributed by atoms with Gasteiger partial charge in [-0.25, -0.2) is 4.79 Å². The minimum absolute atomic E-state index is 0.0517. The third kappa shape index (κ3) is 4.16. The van der Waals surface area contributed by atoms with Gasteiger partial charge in [0, 0.05) is 4.88 Å². The van der Waals surface area contributed by atoms with Crippen LogP contribution in [0, 0.1) is 0 Å². The zero-order chi connectivity index (χ0) is 18.5. The normalized spacial score (nSPS) is 15.0. The van der Waals surface area contributed by atoms with E-state index in [9.17, 15) is 9.59 Å². The number of nitrogens with two attached hydrogens (primary N) is 1. The molecule has 26 heavy (non-hydrogen) atoms. The monoisotopic (exact) mass is 377 g/mol. The van der Waals surface area contributed by atoms with Crippen molar-refractivity contribution in [3.05, 3.63) is 40.2 Å². The number of rotatable bonds is 6. The zero-order valence-corrected chi connectivity index (χ0v) is 16.0. The number of hydrogen-bond acceptors (Lipinski definition) is 5. The Hall–Kier alpha value is -2.12. The van der Waals surface area contributed by atoms with Gasteiger partial charge >= 0.3 is 5.97 Å². The van der Waals surface area contributed by atoms with E-state index in [1.807, 2.05) is 24.4 Å². The van der Waals surface area contributed by atoms with Crippen molar-refractivity contribution in [3.63, 3.8) is 0 Å². The molecule has 1 amide bonds. The van der Waals surface area contributed by atoms with Crippen LogP contribution in [0.2, 0.25) is 0 Å². The van der Waals surface area contributed by atoms with Crippen molar-refractivity contribution >= 4 is 28.2 Å². The van der Waals surface area contributed by atoms with Gasteiger partial charge in [-0.1, -0.05) is 6.42 Å². The molecule has 0 unspecified atom stereocenters. The first-order valence-electron chi connectivity index (χ1n) is 8.99. The number of thiophene rings is 1.